The Bertz CT molecular complexity index is 831. The quantitative estimate of drug-likeness (QED) is 0.713. The standard InChI is InChI=1S/C18H20N4O3S3/c23-15(12-1-3-13(4-2-12)17-26-9-10-27-17)20-21-16(24)14-11-28-18(19-14)22-5-7-25-8-6-22/h1-4,11,17H,5-10H2,(H,20,23)(H,21,24). The first kappa shape index (κ1) is 19.6. The number of aromatic nitrogens is 1. The van der Waals surface area contributed by atoms with Gasteiger partial charge in [-0.2, -0.15) is 0 Å². The van der Waals surface area contributed by atoms with Crippen LogP contribution in [-0.2, 0) is 4.74 Å². The van der Waals surface area contributed by atoms with Crippen molar-refractivity contribution < 1.29 is 14.3 Å². The molecule has 0 saturated carbocycles. The van der Waals surface area contributed by atoms with Gasteiger partial charge in [0.25, 0.3) is 11.8 Å². The first-order chi connectivity index (χ1) is 13.7. The summed E-state index contributed by atoms with van der Waals surface area (Å²) in [6, 6.07) is 7.52. The highest BCUT2D eigenvalue weighted by molar-refractivity contribution is 8.19. The third-order valence-corrected chi connectivity index (χ3v) is 8.37. The van der Waals surface area contributed by atoms with Crippen LogP contribution in [-0.4, -0.2) is 54.6 Å². The van der Waals surface area contributed by atoms with E-state index in [1.54, 1.807) is 17.5 Å². The number of thioether (sulfide) groups is 2. The Labute approximate surface area is 175 Å². The predicted octanol–water partition coefficient (Wildman–Crippen LogP) is 2.53. The molecule has 0 unspecified atom stereocenters. The fraction of sp³-hybridized carbons (Fsp3) is 0.389. The van der Waals surface area contributed by atoms with E-state index in [-0.39, 0.29) is 11.6 Å². The van der Waals surface area contributed by atoms with Crippen molar-refractivity contribution in [2.75, 3.05) is 42.7 Å². The lowest BCUT2D eigenvalue weighted by Gasteiger charge is -2.25. The van der Waals surface area contributed by atoms with Crippen molar-refractivity contribution in [3.05, 3.63) is 46.5 Å². The molecule has 148 valence electrons. The van der Waals surface area contributed by atoms with Crippen molar-refractivity contribution in [2.24, 2.45) is 0 Å². The van der Waals surface area contributed by atoms with Crippen molar-refractivity contribution in [3.8, 4) is 0 Å². The Morgan fingerprint density at radius 2 is 1.71 bits per heavy atom. The van der Waals surface area contributed by atoms with E-state index in [0.717, 1.165) is 29.7 Å². The number of benzene rings is 1. The number of carbonyl (C=O) groups excluding carboxylic acids is 2. The van der Waals surface area contributed by atoms with Crippen LogP contribution in [0.15, 0.2) is 29.6 Å². The molecule has 0 aliphatic carbocycles. The first-order valence-corrected chi connectivity index (χ1v) is 11.9. The van der Waals surface area contributed by atoms with Gasteiger partial charge in [-0.05, 0) is 17.7 Å². The van der Waals surface area contributed by atoms with E-state index in [0.29, 0.717) is 23.4 Å². The van der Waals surface area contributed by atoms with Crippen LogP contribution < -0.4 is 15.8 Å². The molecule has 2 fully saturated rings. The van der Waals surface area contributed by atoms with Crippen LogP contribution in [0, 0.1) is 0 Å². The van der Waals surface area contributed by atoms with Gasteiger partial charge in [-0.15, -0.1) is 34.9 Å². The average Bonchev–Trinajstić information content (AvgIpc) is 3.45. The van der Waals surface area contributed by atoms with Gasteiger partial charge in [0.05, 0.1) is 17.8 Å². The highest BCUT2D eigenvalue weighted by atomic mass is 32.2. The van der Waals surface area contributed by atoms with Crippen LogP contribution in [0.2, 0.25) is 0 Å². The second-order valence-electron chi connectivity index (χ2n) is 6.22. The Morgan fingerprint density at radius 1 is 1.04 bits per heavy atom. The molecular formula is C18H20N4O3S3. The van der Waals surface area contributed by atoms with E-state index >= 15 is 0 Å². The number of thiazole rings is 1. The van der Waals surface area contributed by atoms with Crippen LogP contribution in [0.1, 0.15) is 31.0 Å². The summed E-state index contributed by atoms with van der Waals surface area (Å²) in [5.74, 6) is 1.54. The number of anilines is 1. The molecule has 7 nitrogen and oxygen atoms in total. The number of carbonyl (C=O) groups is 2. The maximum absolute atomic E-state index is 12.3. The Morgan fingerprint density at radius 3 is 2.43 bits per heavy atom. The van der Waals surface area contributed by atoms with Crippen LogP contribution in [0.4, 0.5) is 5.13 Å². The third-order valence-electron chi connectivity index (χ3n) is 4.36. The Kier molecular flexibility index (Phi) is 6.40. The van der Waals surface area contributed by atoms with Crippen molar-refractivity contribution >= 4 is 51.8 Å². The van der Waals surface area contributed by atoms with Gasteiger partial charge in [-0.25, -0.2) is 4.98 Å². The van der Waals surface area contributed by atoms with Gasteiger partial charge < -0.3 is 9.64 Å². The topological polar surface area (TPSA) is 83.6 Å². The number of rotatable bonds is 4. The van der Waals surface area contributed by atoms with Gasteiger partial charge in [0, 0.05) is 35.5 Å². The SMILES string of the molecule is O=C(NNC(=O)c1csc(N2CCOCC2)n1)c1ccc(C2SCCS2)cc1. The molecule has 2 aliphatic heterocycles. The minimum atomic E-state index is -0.431. The average molecular weight is 437 g/mol. The molecule has 3 heterocycles. The highest BCUT2D eigenvalue weighted by Crippen LogP contribution is 2.45. The molecule has 2 amide bonds. The van der Waals surface area contributed by atoms with Gasteiger partial charge in [-0.3, -0.25) is 20.4 Å². The van der Waals surface area contributed by atoms with Crippen molar-refractivity contribution in [3.63, 3.8) is 0 Å². The fourth-order valence-corrected chi connectivity index (χ4v) is 6.58. The van der Waals surface area contributed by atoms with Crippen molar-refractivity contribution in [2.45, 2.75) is 4.58 Å². The molecule has 0 atom stereocenters. The zero-order chi connectivity index (χ0) is 19.3. The summed E-state index contributed by atoms with van der Waals surface area (Å²) >= 11 is 5.26. The van der Waals surface area contributed by atoms with Crippen molar-refractivity contribution in [1.29, 1.82) is 0 Å². The lowest BCUT2D eigenvalue weighted by molar-refractivity contribution is 0.0844. The summed E-state index contributed by atoms with van der Waals surface area (Å²) < 4.78 is 5.77. The van der Waals surface area contributed by atoms with E-state index in [9.17, 15) is 9.59 Å². The Hall–Kier alpha value is -1.75. The lowest BCUT2D eigenvalue weighted by Crippen LogP contribution is -2.41. The summed E-state index contributed by atoms with van der Waals surface area (Å²) in [6.45, 7) is 2.85. The molecule has 0 spiro atoms. The van der Waals surface area contributed by atoms with Crippen LogP contribution >= 0.6 is 34.9 Å². The highest BCUT2D eigenvalue weighted by Gasteiger charge is 2.20. The second kappa shape index (κ2) is 9.17. The molecule has 2 saturated heterocycles. The molecule has 4 rings (SSSR count). The third kappa shape index (κ3) is 4.62. The summed E-state index contributed by atoms with van der Waals surface area (Å²) in [5.41, 5.74) is 6.90. The molecule has 0 radical (unpaired) electrons. The molecule has 0 bridgehead atoms. The van der Waals surface area contributed by atoms with Gasteiger partial charge in [-0.1, -0.05) is 12.1 Å². The van der Waals surface area contributed by atoms with Crippen LogP contribution in [0.5, 0.6) is 0 Å². The van der Waals surface area contributed by atoms with Crippen LogP contribution in [0.25, 0.3) is 0 Å². The van der Waals surface area contributed by atoms with E-state index in [1.165, 1.54) is 16.9 Å². The minimum Gasteiger partial charge on any atom is -0.378 e. The monoisotopic (exact) mass is 436 g/mol. The summed E-state index contributed by atoms with van der Waals surface area (Å²) in [6.07, 6.45) is 0. The number of hydrogen-bond donors (Lipinski definition) is 2. The van der Waals surface area contributed by atoms with Crippen LogP contribution in [0.3, 0.4) is 0 Å². The molecule has 2 aliphatic rings. The maximum Gasteiger partial charge on any atom is 0.289 e. The van der Waals surface area contributed by atoms with Gasteiger partial charge in [0.15, 0.2) is 5.13 Å². The normalized spacial score (nSPS) is 17.5. The van der Waals surface area contributed by atoms with E-state index in [1.807, 2.05) is 35.7 Å². The van der Waals surface area contributed by atoms with E-state index in [2.05, 4.69) is 20.7 Å². The number of hydrazine groups is 1. The number of amides is 2. The number of nitrogens with zero attached hydrogens (tertiary/aromatic N) is 2. The summed E-state index contributed by atoms with van der Waals surface area (Å²) in [5, 5.41) is 2.48. The molecular weight excluding hydrogens is 416 g/mol. The molecule has 2 aromatic rings. The van der Waals surface area contributed by atoms with E-state index in [4.69, 9.17) is 4.74 Å². The largest absolute Gasteiger partial charge is 0.378 e. The second-order valence-corrected chi connectivity index (χ2v) is 9.78. The molecule has 28 heavy (non-hydrogen) atoms. The van der Waals surface area contributed by atoms with Gasteiger partial charge in [0.2, 0.25) is 0 Å². The summed E-state index contributed by atoms with van der Waals surface area (Å²) in [4.78, 5) is 31.0. The fourth-order valence-electron chi connectivity index (χ4n) is 2.86. The first-order valence-electron chi connectivity index (χ1n) is 8.93. The molecule has 1 aromatic heterocycles. The molecule has 1 aromatic carbocycles. The predicted molar refractivity (Wildman–Crippen MR) is 114 cm³/mol. The number of ether oxygens (including phenoxy) is 1. The molecule has 2 N–H and O–H groups in total. The number of hydrogen-bond acceptors (Lipinski definition) is 8. The van der Waals surface area contributed by atoms with Gasteiger partial charge in [0.1, 0.15) is 5.69 Å². The number of morpholine rings is 1. The maximum atomic E-state index is 12.3. The van der Waals surface area contributed by atoms with Gasteiger partial charge >= 0.3 is 0 Å². The smallest absolute Gasteiger partial charge is 0.289 e. The van der Waals surface area contributed by atoms with Crippen molar-refractivity contribution in [1.82, 2.24) is 15.8 Å². The zero-order valence-corrected chi connectivity index (χ0v) is 17.5. The number of nitrogens with one attached hydrogen (secondary N) is 2. The van der Waals surface area contributed by atoms with E-state index < -0.39 is 5.91 Å². The minimum absolute atomic E-state index is 0.289. The zero-order valence-electron chi connectivity index (χ0n) is 15.1. The summed E-state index contributed by atoms with van der Waals surface area (Å²) in [7, 11) is 0. The Balaban J connectivity index is 1.30. The lowest BCUT2D eigenvalue weighted by atomic mass is 10.1. The molecule has 10 heteroatoms.